The van der Waals surface area contributed by atoms with E-state index in [4.69, 9.17) is 0 Å². The lowest BCUT2D eigenvalue weighted by Gasteiger charge is -2.60. The highest BCUT2D eigenvalue weighted by atomic mass is 15.3. The average Bonchev–Trinajstić information content (AvgIpc) is 2.59. The monoisotopic (exact) mass is 435 g/mol. The van der Waals surface area contributed by atoms with Gasteiger partial charge in [0.05, 0.1) is 0 Å². The number of likely N-dealkylation sites (tertiary alicyclic amines) is 3. The van der Waals surface area contributed by atoms with E-state index in [1.165, 1.54) is 97.1 Å². The molecule has 0 aromatic carbocycles. The lowest BCUT2D eigenvalue weighted by atomic mass is 9.62. The van der Waals surface area contributed by atoms with Crippen molar-refractivity contribution in [1.29, 1.82) is 0 Å². The van der Waals surface area contributed by atoms with Gasteiger partial charge in [-0.3, -0.25) is 14.7 Å². The van der Waals surface area contributed by atoms with Crippen LogP contribution < -0.4 is 0 Å². The van der Waals surface area contributed by atoms with Crippen molar-refractivity contribution < 1.29 is 0 Å². The van der Waals surface area contributed by atoms with Crippen LogP contribution in [0.5, 0.6) is 0 Å². The Kier molecular flexibility index (Phi) is 9.51. The van der Waals surface area contributed by atoms with E-state index >= 15 is 0 Å². The number of hydrogen-bond donors (Lipinski definition) is 0. The van der Waals surface area contributed by atoms with Crippen molar-refractivity contribution >= 4 is 0 Å². The van der Waals surface area contributed by atoms with Crippen LogP contribution >= 0.6 is 0 Å². The van der Waals surface area contributed by atoms with E-state index in [1.807, 2.05) is 0 Å². The van der Waals surface area contributed by atoms with Crippen molar-refractivity contribution in [2.24, 2.45) is 5.41 Å². The Labute approximate surface area is 196 Å². The molecular formula is C28H57N3. The van der Waals surface area contributed by atoms with Gasteiger partial charge in [-0.25, -0.2) is 0 Å². The molecule has 1 aliphatic carbocycles. The maximum Gasteiger partial charge on any atom is 0.0125 e. The van der Waals surface area contributed by atoms with Gasteiger partial charge in [-0.1, -0.05) is 19.3 Å². The standard InChI is InChI=1S/C10H19N.2C9H19N/c1-9(2,3)11-7-10(8-11)5-4-6-10;2*1-9(2,3)10-7-5-4-6-8-10/h4-8H2,1-3H3;2*4-8H2,1-3H3. The van der Waals surface area contributed by atoms with Crippen LogP contribution in [-0.2, 0) is 0 Å². The smallest absolute Gasteiger partial charge is 0.0125 e. The van der Waals surface area contributed by atoms with Crippen molar-refractivity contribution in [1.82, 2.24) is 14.7 Å². The summed E-state index contributed by atoms with van der Waals surface area (Å²) < 4.78 is 0. The fourth-order valence-corrected chi connectivity index (χ4v) is 5.36. The molecule has 3 saturated heterocycles. The van der Waals surface area contributed by atoms with Crippen molar-refractivity contribution in [2.45, 2.75) is 137 Å². The van der Waals surface area contributed by atoms with Crippen LogP contribution in [0.1, 0.15) is 120 Å². The first-order valence-corrected chi connectivity index (χ1v) is 13.5. The molecule has 184 valence electrons. The van der Waals surface area contributed by atoms with E-state index in [-0.39, 0.29) is 0 Å². The summed E-state index contributed by atoms with van der Waals surface area (Å²) in [5.41, 5.74) is 2.02. The Hall–Kier alpha value is -0.120. The van der Waals surface area contributed by atoms with Crippen LogP contribution in [0.3, 0.4) is 0 Å². The molecule has 3 heterocycles. The second-order valence-corrected chi connectivity index (χ2v) is 13.8. The van der Waals surface area contributed by atoms with Gasteiger partial charge in [-0.15, -0.1) is 0 Å². The molecule has 4 fully saturated rings. The second-order valence-electron chi connectivity index (χ2n) is 13.8. The highest BCUT2D eigenvalue weighted by molar-refractivity contribution is 5.03. The molecule has 3 aliphatic heterocycles. The molecule has 0 atom stereocenters. The summed E-state index contributed by atoms with van der Waals surface area (Å²) in [5.74, 6) is 0. The minimum atomic E-state index is 0.403. The highest BCUT2D eigenvalue weighted by Gasteiger charge is 2.49. The molecule has 31 heavy (non-hydrogen) atoms. The third kappa shape index (κ3) is 8.63. The van der Waals surface area contributed by atoms with Gasteiger partial charge >= 0.3 is 0 Å². The molecule has 0 aromatic heterocycles. The SMILES string of the molecule is CC(C)(C)N1CC2(CCC2)C1.CC(C)(C)N1CCCCC1.CC(C)(C)N1CCCCC1. The minimum absolute atomic E-state index is 0.403. The van der Waals surface area contributed by atoms with E-state index < -0.39 is 0 Å². The molecule has 0 radical (unpaired) electrons. The summed E-state index contributed by atoms with van der Waals surface area (Å²) in [6.45, 7) is 28.8. The summed E-state index contributed by atoms with van der Waals surface area (Å²) in [4.78, 5) is 7.76. The summed E-state index contributed by atoms with van der Waals surface area (Å²) in [6.07, 6.45) is 13.0. The molecule has 4 aliphatic rings. The van der Waals surface area contributed by atoms with E-state index in [0.717, 1.165) is 5.41 Å². The van der Waals surface area contributed by atoms with Gasteiger partial charge in [0, 0.05) is 29.7 Å². The van der Waals surface area contributed by atoms with Gasteiger partial charge < -0.3 is 0 Å². The van der Waals surface area contributed by atoms with Crippen LogP contribution in [-0.4, -0.2) is 70.6 Å². The van der Waals surface area contributed by atoms with E-state index in [2.05, 4.69) is 77.0 Å². The summed E-state index contributed by atoms with van der Waals surface area (Å²) >= 11 is 0. The number of piperidine rings is 2. The predicted octanol–water partition coefficient (Wildman–Crippen LogP) is 6.81. The lowest BCUT2D eigenvalue weighted by Crippen LogP contribution is -2.64. The predicted molar refractivity (Wildman–Crippen MR) is 138 cm³/mol. The van der Waals surface area contributed by atoms with Gasteiger partial charge in [0.1, 0.15) is 0 Å². The summed E-state index contributed by atoms with van der Waals surface area (Å²) in [7, 11) is 0. The number of nitrogens with zero attached hydrogens (tertiary/aromatic N) is 3. The van der Waals surface area contributed by atoms with Crippen molar-refractivity contribution in [3.8, 4) is 0 Å². The van der Waals surface area contributed by atoms with Crippen molar-refractivity contribution in [3.63, 3.8) is 0 Å². The molecule has 1 spiro atoms. The second kappa shape index (κ2) is 10.9. The average molecular weight is 436 g/mol. The first-order chi connectivity index (χ1) is 14.2. The molecule has 0 amide bonds. The lowest BCUT2D eigenvalue weighted by molar-refractivity contribution is -0.104. The fourth-order valence-electron chi connectivity index (χ4n) is 5.36. The molecule has 0 N–H and O–H groups in total. The maximum absolute atomic E-state index is 2.60. The molecular weight excluding hydrogens is 378 g/mol. The zero-order valence-corrected chi connectivity index (χ0v) is 22.9. The zero-order valence-electron chi connectivity index (χ0n) is 22.9. The van der Waals surface area contributed by atoms with Gasteiger partial charge in [-0.05, 0) is 132 Å². The van der Waals surface area contributed by atoms with E-state index in [0.29, 0.717) is 16.6 Å². The molecule has 1 saturated carbocycles. The van der Waals surface area contributed by atoms with Crippen LogP contribution in [0.4, 0.5) is 0 Å². The summed E-state index contributed by atoms with van der Waals surface area (Å²) in [5, 5.41) is 0. The normalized spacial score (nSPS) is 25.5. The largest absolute Gasteiger partial charge is 0.298 e. The molecule has 0 bridgehead atoms. The van der Waals surface area contributed by atoms with Crippen LogP contribution in [0, 0.1) is 5.41 Å². The fraction of sp³-hybridized carbons (Fsp3) is 1.00. The topological polar surface area (TPSA) is 9.72 Å². The maximum atomic E-state index is 2.60. The van der Waals surface area contributed by atoms with E-state index in [9.17, 15) is 0 Å². The van der Waals surface area contributed by atoms with Crippen molar-refractivity contribution in [2.75, 3.05) is 39.3 Å². The Bertz CT molecular complexity index is 468. The molecule has 3 nitrogen and oxygen atoms in total. The molecule has 4 rings (SSSR count). The number of rotatable bonds is 0. The molecule has 3 heteroatoms. The zero-order chi connectivity index (χ0) is 23.3. The molecule has 0 aromatic rings. The van der Waals surface area contributed by atoms with Crippen LogP contribution in [0.15, 0.2) is 0 Å². The van der Waals surface area contributed by atoms with Gasteiger partial charge in [0.15, 0.2) is 0 Å². The first kappa shape index (κ1) is 27.1. The van der Waals surface area contributed by atoms with Gasteiger partial charge in [0.25, 0.3) is 0 Å². The van der Waals surface area contributed by atoms with E-state index in [1.54, 1.807) is 0 Å². The molecule has 0 unspecified atom stereocenters. The minimum Gasteiger partial charge on any atom is -0.298 e. The quantitative estimate of drug-likeness (QED) is 0.413. The van der Waals surface area contributed by atoms with Crippen LogP contribution in [0.2, 0.25) is 0 Å². The van der Waals surface area contributed by atoms with Crippen LogP contribution in [0.25, 0.3) is 0 Å². The van der Waals surface area contributed by atoms with Crippen molar-refractivity contribution in [3.05, 3.63) is 0 Å². The Morgan fingerprint density at radius 3 is 0.935 bits per heavy atom. The summed E-state index contributed by atoms with van der Waals surface area (Å²) in [6, 6.07) is 0. The van der Waals surface area contributed by atoms with Gasteiger partial charge in [0.2, 0.25) is 0 Å². The van der Waals surface area contributed by atoms with Gasteiger partial charge in [-0.2, -0.15) is 0 Å². The third-order valence-corrected chi connectivity index (χ3v) is 8.02. The third-order valence-electron chi connectivity index (χ3n) is 8.02. The highest BCUT2D eigenvalue weighted by Crippen LogP contribution is 2.50. The first-order valence-electron chi connectivity index (χ1n) is 13.5. The Morgan fingerprint density at radius 1 is 0.419 bits per heavy atom. The number of hydrogen-bond acceptors (Lipinski definition) is 3. The Morgan fingerprint density at radius 2 is 0.742 bits per heavy atom. The Balaban J connectivity index is 0.000000166.